The highest BCUT2D eigenvalue weighted by atomic mass is 32.2. The van der Waals surface area contributed by atoms with Crippen molar-refractivity contribution >= 4 is 277 Å². The van der Waals surface area contributed by atoms with Gasteiger partial charge in [0, 0.05) is 126 Å². The summed E-state index contributed by atoms with van der Waals surface area (Å²) in [5.41, 5.74) is 32.4. The molecule has 0 fully saturated rings. The highest BCUT2D eigenvalue weighted by molar-refractivity contribution is 8.00. The van der Waals surface area contributed by atoms with E-state index in [1.807, 2.05) is 66.4 Å². The third-order valence-corrected chi connectivity index (χ3v) is 29.7. The lowest BCUT2D eigenvalue weighted by molar-refractivity contribution is 0.647. The van der Waals surface area contributed by atoms with Gasteiger partial charge in [-0.1, -0.05) is 227 Å². The van der Waals surface area contributed by atoms with Gasteiger partial charge in [-0.05, 0) is 222 Å². The molecule has 29 rings (SSSR count). The zero-order chi connectivity index (χ0) is 87.7. The second-order valence-corrected chi connectivity index (χ2v) is 36.7. The Kier molecular flexibility index (Phi) is 17.3. The normalized spacial score (nSPS) is 13.1. The van der Waals surface area contributed by atoms with E-state index in [1.165, 1.54) is 64.1 Å². The second kappa shape index (κ2) is 30.5. The molecular formula is C114H68B4N10O4S2. The smallest absolute Gasteiger partial charge is 0.290 e. The molecule has 0 unspecified atom stereocenters. The van der Waals surface area contributed by atoms with Crippen LogP contribution in [0.5, 0.6) is 0 Å². The van der Waals surface area contributed by atoms with Gasteiger partial charge in [0.2, 0.25) is 0 Å². The lowest BCUT2D eigenvalue weighted by Gasteiger charge is -2.33. The Morgan fingerprint density at radius 1 is 0.276 bits per heavy atom. The van der Waals surface area contributed by atoms with Crippen molar-refractivity contribution in [3.8, 4) is 5.69 Å². The molecule has 0 saturated heterocycles. The number of anilines is 9. The number of nitrogens with zero attached hydrogens (tertiary/aromatic N) is 10. The number of para-hydroxylation sites is 8. The molecule has 0 amide bonds. The van der Waals surface area contributed by atoms with Crippen molar-refractivity contribution in [3.05, 3.63) is 413 Å². The Labute approximate surface area is 777 Å². The molecule has 16 aromatic carbocycles. The topological polar surface area (TPSA) is 145 Å². The Balaban J connectivity index is 0.000000133. The van der Waals surface area contributed by atoms with Crippen LogP contribution in [0.15, 0.2) is 451 Å². The first-order valence-electron chi connectivity index (χ1n) is 45.0. The summed E-state index contributed by atoms with van der Waals surface area (Å²) in [5.74, 6) is 0. The largest absolute Gasteiger partial charge is 0.471 e. The third kappa shape index (κ3) is 11.8. The summed E-state index contributed by atoms with van der Waals surface area (Å²) in [6.45, 7) is -1.30. The predicted molar refractivity (Wildman–Crippen MR) is 553 cm³/mol. The molecule has 0 bridgehead atoms. The summed E-state index contributed by atoms with van der Waals surface area (Å²) in [6.07, 6.45) is 9.04. The van der Waals surface area contributed by atoms with Gasteiger partial charge in [0.15, 0.2) is 0 Å². The first-order valence-corrected chi connectivity index (χ1v) is 46.7. The Bertz CT molecular complexity index is 8660. The molecule has 0 radical (unpaired) electrons. The molecule has 4 aliphatic heterocycles. The minimum absolute atomic E-state index is 0.316. The van der Waals surface area contributed by atoms with Crippen molar-refractivity contribution in [1.29, 1.82) is 0 Å². The SMILES string of the molecule is c1ccc(N(c2ccccc2)c2ccc(B3c4oc5ccc6ncncc6c5c4B(c4ccc(-n5c6ccccc6c6ccccc65)cc4)c4oc5ccc6cccnc6c5c43)cc2)cc1.c1ccc2c(c1)Sc1ccccc1N2c1ccc(B2c3oc4ccc5ncccc5c4c3B(c3ccc(N4c5ccccc5Sc5ccccc54)cc3)c3oc4ccc5nnccc5c4c32)cc1. The van der Waals surface area contributed by atoms with E-state index in [4.69, 9.17) is 32.6 Å². The second-order valence-electron chi connectivity index (χ2n) is 34.6. The van der Waals surface area contributed by atoms with Gasteiger partial charge in [-0.15, -0.1) is 0 Å². The fourth-order valence-corrected chi connectivity index (χ4v) is 23.9. The van der Waals surface area contributed by atoms with Crippen LogP contribution in [-0.2, 0) is 0 Å². The zero-order valence-corrected chi connectivity index (χ0v) is 73.1. The lowest BCUT2D eigenvalue weighted by atomic mass is 9.23. The van der Waals surface area contributed by atoms with E-state index < -0.39 is 0 Å². The van der Waals surface area contributed by atoms with E-state index in [-0.39, 0.29) is 26.9 Å². The summed E-state index contributed by atoms with van der Waals surface area (Å²) in [5, 5.41) is 19.5. The number of pyridine rings is 2. The van der Waals surface area contributed by atoms with Crippen molar-refractivity contribution in [2.45, 2.75) is 19.6 Å². The molecule has 0 atom stereocenters. The van der Waals surface area contributed by atoms with Gasteiger partial charge in [-0.3, -0.25) is 9.97 Å². The molecule has 13 heterocycles. The van der Waals surface area contributed by atoms with E-state index in [9.17, 15) is 0 Å². The Morgan fingerprint density at radius 3 is 1.16 bits per heavy atom. The molecule has 0 saturated carbocycles. The number of hydrogen-bond donors (Lipinski definition) is 0. The maximum absolute atomic E-state index is 7.32. The molecule has 20 heteroatoms. The van der Waals surface area contributed by atoms with Crippen LogP contribution in [0.3, 0.4) is 0 Å². The van der Waals surface area contributed by atoms with Crippen LogP contribution < -0.4 is 81.0 Å². The maximum atomic E-state index is 7.32. The van der Waals surface area contributed by atoms with Gasteiger partial charge in [-0.2, -0.15) is 10.2 Å². The van der Waals surface area contributed by atoms with Crippen molar-refractivity contribution in [1.82, 2.24) is 34.7 Å². The first-order chi connectivity index (χ1) is 66.5. The van der Waals surface area contributed by atoms with Crippen LogP contribution >= 0.6 is 23.5 Å². The fraction of sp³-hybridized carbons (Fsp3) is 0. The molecule has 0 spiro atoms. The minimum atomic E-state index is -0.333. The van der Waals surface area contributed by atoms with Crippen LogP contribution in [0.25, 0.3) is 115 Å². The maximum Gasteiger partial charge on any atom is 0.290 e. The van der Waals surface area contributed by atoms with Crippen molar-refractivity contribution in [2.75, 3.05) is 14.7 Å². The number of hydrogen-bond acceptors (Lipinski definition) is 15. The summed E-state index contributed by atoms with van der Waals surface area (Å²) >= 11 is 3.63. The standard InChI is InChI=1S/C57H33B2N5O2S2.C57H35B2N5O2/c1-5-15-48-42(11-1)63(43-12-2-6-16-49(43)67-48)36-23-19-34(20-24-36)58-54-52-38-10-9-32-60-40(38)27-29-46(52)65-56(54)59(55-53-39-31-33-61-62-41(39)28-30-47(53)66-57(55)58)35-21-25-37(26-22-35)64-44-13-3-7-17-50(44)68-51-18-8-4-14-45(51)64;1-3-13-39(14-4-1)63(40-15-5-2-6-16-40)41-26-22-38(23-27-41)59-54-52-50(31-21-36-12-11-33-61-55(36)52)66-57(54)58(53-51-45-34-60-35-62-46(45)30-32-49(51)65-56(53)59)37-24-28-42(29-25-37)64-47-19-9-7-17-43(47)44-18-8-10-20-48(44)64/h1-33H;1-35H. The summed E-state index contributed by atoms with van der Waals surface area (Å²) in [7, 11) is 0. The van der Waals surface area contributed by atoms with E-state index in [0.717, 1.165) is 188 Å². The van der Waals surface area contributed by atoms with Crippen molar-refractivity contribution < 1.29 is 17.7 Å². The number of rotatable bonds is 10. The lowest BCUT2D eigenvalue weighted by Crippen LogP contribution is -2.73. The van der Waals surface area contributed by atoms with Crippen LogP contribution in [0, 0.1) is 0 Å². The molecule has 622 valence electrons. The number of fused-ring (bicyclic) bond motifs is 27. The first kappa shape index (κ1) is 76.2. The fourth-order valence-electron chi connectivity index (χ4n) is 21.8. The minimum Gasteiger partial charge on any atom is -0.471 e. The number of benzene rings is 16. The third-order valence-electron chi connectivity index (χ3n) is 27.4. The van der Waals surface area contributed by atoms with Gasteiger partial charge in [0.25, 0.3) is 26.9 Å². The van der Waals surface area contributed by atoms with Crippen LogP contribution in [0.2, 0.25) is 0 Å². The van der Waals surface area contributed by atoms with Gasteiger partial charge < -0.3 is 36.9 Å². The highest BCUT2D eigenvalue weighted by Gasteiger charge is 2.50. The van der Waals surface area contributed by atoms with E-state index in [0.29, 0.717) is 0 Å². The number of aromatic nitrogens is 7. The van der Waals surface area contributed by atoms with Gasteiger partial charge >= 0.3 is 0 Å². The van der Waals surface area contributed by atoms with Crippen LogP contribution in [0.4, 0.5) is 51.2 Å². The monoisotopic (exact) mass is 1750 g/mol. The Hall–Kier alpha value is -16.7. The summed E-state index contributed by atoms with van der Waals surface area (Å²) in [4.78, 5) is 31.1. The Morgan fingerprint density at radius 2 is 0.657 bits per heavy atom. The molecule has 134 heavy (non-hydrogen) atoms. The van der Waals surface area contributed by atoms with Crippen LogP contribution in [0.1, 0.15) is 0 Å². The molecule has 9 aromatic heterocycles. The molecule has 0 N–H and O–H groups in total. The van der Waals surface area contributed by atoms with E-state index >= 15 is 0 Å². The van der Waals surface area contributed by atoms with Gasteiger partial charge in [0.1, 0.15) is 28.7 Å². The molecule has 14 nitrogen and oxygen atoms in total. The summed E-state index contributed by atoms with van der Waals surface area (Å²) < 4.78 is 31.5. The van der Waals surface area contributed by atoms with Gasteiger partial charge in [0.05, 0.1) is 84.7 Å². The quantitative estimate of drug-likeness (QED) is 0.120. The van der Waals surface area contributed by atoms with E-state index in [1.54, 1.807) is 12.5 Å². The predicted octanol–water partition coefficient (Wildman–Crippen LogP) is 20.5. The van der Waals surface area contributed by atoms with Gasteiger partial charge in [-0.25, -0.2) is 9.97 Å². The average Bonchev–Trinajstić information content (AvgIpc) is 1.53. The highest BCUT2D eigenvalue weighted by Crippen LogP contribution is 2.53. The van der Waals surface area contributed by atoms with Crippen molar-refractivity contribution in [3.63, 3.8) is 0 Å². The van der Waals surface area contributed by atoms with Crippen LogP contribution in [-0.4, -0.2) is 61.6 Å². The molecule has 0 aliphatic carbocycles. The van der Waals surface area contributed by atoms with E-state index in [2.05, 4.69) is 392 Å². The average molecular weight is 1750 g/mol. The number of furan rings is 4. The molecule has 4 aliphatic rings. The van der Waals surface area contributed by atoms with Crippen molar-refractivity contribution in [2.24, 2.45) is 0 Å². The molecule has 25 aromatic rings. The zero-order valence-electron chi connectivity index (χ0n) is 71.5. The molecular weight excluding hydrogens is 1680 g/mol. The summed E-state index contributed by atoms with van der Waals surface area (Å²) in [6, 6.07) is 136.